The highest BCUT2D eigenvalue weighted by atomic mass is 32.1. The van der Waals surface area contributed by atoms with Crippen LogP contribution in [0.4, 0.5) is 5.13 Å². The Labute approximate surface area is 142 Å². The van der Waals surface area contributed by atoms with Gasteiger partial charge in [0.25, 0.3) is 5.91 Å². The van der Waals surface area contributed by atoms with Crippen molar-refractivity contribution in [2.75, 3.05) is 19.5 Å². The van der Waals surface area contributed by atoms with Crippen molar-refractivity contribution in [1.29, 1.82) is 0 Å². The van der Waals surface area contributed by atoms with Gasteiger partial charge in [-0.05, 0) is 12.1 Å². The third kappa shape index (κ3) is 3.23. The predicted octanol–water partition coefficient (Wildman–Crippen LogP) is 2.81. The van der Waals surface area contributed by atoms with Crippen molar-refractivity contribution < 1.29 is 14.3 Å². The SMILES string of the molecule is COc1ccc(-c2csc(NC(=O)c3cnn(C)c3)n2)c(OC)c1. The first-order valence-electron chi connectivity index (χ1n) is 7.08. The summed E-state index contributed by atoms with van der Waals surface area (Å²) in [4.78, 5) is 16.6. The quantitative estimate of drug-likeness (QED) is 0.770. The maximum Gasteiger partial charge on any atom is 0.260 e. The molecular formula is C16H16N4O3S. The summed E-state index contributed by atoms with van der Waals surface area (Å²) in [5.74, 6) is 1.12. The summed E-state index contributed by atoms with van der Waals surface area (Å²) in [6.45, 7) is 0. The van der Waals surface area contributed by atoms with Gasteiger partial charge in [-0.25, -0.2) is 4.98 Å². The molecule has 8 heteroatoms. The fourth-order valence-electron chi connectivity index (χ4n) is 2.17. The number of carbonyl (C=O) groups is 1. The van der Waals surface area contributed by atoms with Crippen LogP contribution < -0.4 is 14.8 Å². The van der Waals surface area contributed by atoms with Gasteiger partial charge in [0.15, 0.2) is 5.13 Å². The van der Waals surface area contributed by atoms with Gasteiger partial charge in [-0.2, -0.15) is 5.10 Å². The van der Waals surface area contributed by atoms with Crippen molar-refractivity contribution >= 4 is 22.4 Å². The lowest BCUT2D eigenvalue weighted by atomic mass is 10.1. The van der Waals surface area contributed by atoms with Gasteiger partial charge in [0, 0.05) is 30.3 Å². The standard InChI is InChI=1S/C16H16N4O3S/c1-20-8-10(7-17-20)15(21)19-16-18-13(9-24-16)12-5-4-11(22-2)6-14(12)23-3/h4-9H,1-3H3,(H,18,19,21). The predicted molar refractivity (Wildman–Crippen MR) is 91.8 cm³/mol. The van der Waals surface area contributed by atoms with Crippen LogP contribution in [-0.4, -0.2) is 34.9 Å². The Balaban J connectivity index is 1.82. The van der Waals surface area contributed by atoms with Crippen LogP contribution in [0.15, 0.2) is 36.0 Å². The molecule has 2 aromatic heterocycles. The first kappa shape index (κ1) is 16.0. The largest absolute Gasteiger partial charge is 0.497 e. The molecule has 0 saturated carbocycles. The van der Waals surface area contributed by atoms with E-state index in [0.29, 0.717) is 22.2 Å². The number of nitrogens with zero attached hydrogens (tertiary/aromatic N) is 3. The van der Waals surface area contributed by atoms with Crippen LogP contribution >= 0.6 is 11.3 Å². The zero-order valence-corrected chi connectivity index (χ0v) is 14.3. The van der Waals surface area contributed by atoms with Crippen LogP contribution in [0.3, 0.4) is 0 Å². The molecule has 24 heavy (non-hydrogen) atoms. The van der Waals surface area contributed by atoms with E-state index in [9.17, 15) is 4.79 Å². The minimum Gasteiger partial charge on any atom is -0.497 e. The summed E-state index contributed by atoms with van der Waals surface area (Å²) in [5, 5.41) is 9.13. The second-order valence-electron chi connectivity index (χ2n) is 4.96. The van der Waals surface area contributed by atoms with Crippen LogP contribution in [-0.2, 0) is 7.05 Å². The Morgan fingerprint density at radius 3 is 2.79 bits per heavy atom. The van der Waals surface area contributed by atoms with Crippen LogP contribution in [0, 0.1) is 0 Å². The van der Waals surface area contributed by atoms with E-state index in [-0.39, 0.29) is 5.91 Å². The number of thiazole rings is 1. The summed E-state index contributed by atoms with van der Waals surface area (Å²) in [7, 11) is 4.95. The summed E-state index contributed by atoms with van der Waals surface area (Å²) < 4.78 is 12.2. The number of amides is 1. The molecule has 0 aliphatic rings. The molecule has 0 spiro atoms. The number of hydrogen-bond acceptors (Lipinski definition) is 6. The second-order valence-corrected chi connectivity index (χ2v) is 5.82. The molecule has 7 nitrogen and oxygen atoms in total. The number of ether oxygens (including phenoxy) is 2. The van der Waals surface area contributed by atoms with Gasteiger partial charge in [-0.15, -0.1) is 11.3 Å². The van der Waals surface area contributed by atoms with Crippen molar-refractivity contribution in [1.82, 2.24) is 14.8 Å². The molecular weight excluding hydrogens is 328 g/mol. The van der Waals surface area contributed by atoms with Crippen molar-refractivity contribution in [3.63, 3.8) is 0 Å². The molecule has 1 aromatic carbocycles. The van der Waals surface area contributed by atoms with E-state index in [4.69, 9.17) is 9.47 Å². The van der Waals surface area contributed by atoms with Crippen LogP contribution in [0.25, 0.3) is 11.3 Å². The van der Waals surface area contributed by atoms with Crippen molar-refractivity contribution in [2.45, 2.75) is 0 Å². The molecule has 2 heterocycles. The number of rotatable bonds is 5. The maximum absolute atomic E-state index is 12.1. The Morgan fingerprint density at radius 1 is 1.29 bits per heavy atom. The fourth-order valence-corrected chi connectivity index (χ4v) is 2.88. The second kappa shape index (κ2) is 6.71. The molecule has 0 aliphatic heterocycles. The minimum atomic E-state index is -0.245. The smallest absolute Gasteiger partial charge is 0.260 e. The Morgan fingerprint density at radius 2 is 2.12 bits per heavy atom. The maximum atomic E-state index is 12.1. The normalized spacial score (nSPS) is 10.5. The van der Waals surface area contributed by atoms with Gasteiger partial charge in [-0.3, -0.25) is 14.8 Å². The first-order chi connectivity index (χ1) is 11.6. The van der Waals surface area contributed by atoms with E-state index in [0.717, 1.165) is 11.3 Å². The Kier molecular flexibility index (Phi) is 4.48. The molecule has 1 amide bonds. The number of nitrogens with one attached hydrogen (secondary N) is 1. The highest BCUT2D eigenvalue weighted by Gasteiger charge is 2.14. The average Bonchev–Trinajstić information content (AvgIpc) is 3.23. The number of aryl methyl sites for hydroxylation is 1. The number of hydrogen-bond donors (Lipinski definition) is 1. The van der Waals surface area contributed by atoms with Crippen LogP contribution in [0.5, 0.6) is 11.5 Å². The van der Waals surface area contributed by atoms with Crippen molar-refractivity contribution in [3.8, 4) is 22.8 Å². The summed E-state index contributed by atoms with van der Waals surface area (Å²) in [6, 6.07) is 5.51. The molecule has 1 N–H and O–H groups in total. The minimum absolute atomic E-state index is 0.245. The topological polar surface area (TPSA) is 78.3 Å². The monoisotopic (exact) mass is 344 g/mol. The highest BCUT2D eigenvalue weighted by Crippen LogP contribution is 2.34. The molecule has 0 saturated heterocycles. The van der Waals surface area contributed by atoms with Crippen LogP contribution in [0.2, 0.25) is 0 Å². The fraction of sp³-hybridized carbons (Fsp3) is 0.188. The van der Waals surface area contributed by atoms with E-state index in [1.807, 2.05) is 17.5 Å². The summed E-state index contributed by atoms with van der Waals surface area (Å²) >= 11 is 1.35. The van der Waals surface area contributed by atoms with Gasteiger partial charge in [0.2, 0.25) is 0 Å². The molecule has 0 bridgehead atoms. The molecule has 0 aliphatic carbocycles. The lowest BCUT2D eigenvalue weighted by Gasteiger charge is -2.08. The third-order valence-electron chi connectivity index (χ3n) is 3.38. The number of anilines is 1. The van der Waals surface area contributed by atoms with E-state index in [2.05, 4.69) is 15.4 Å². The molecule has 0 radical (unpaired) electrons. The molecule has 0 unspecified atom stereocenters. The molecule has 124 valence electrons. The molecule has 0 fully saturated rings. The van der Waals surface area contributed by atoms with E-state index in [1.165, 1.54) is 17.5 Å². The lowest BCUT2D eigenvalue weighted by molar-refractivity contribution is 0.102. The summed E-state index contributed by atoms with van der Waals surface area (Å²) in [6.07, 6.45) is 3.16. The van der Waals surface area contributed by atoms with Gasteiger partial charge in [-0.1, -0.05) is 0 Å². The first-order valence-corrected chi connectivity index (χ1v) is 7.96. The highest BCUT2D eigenvalue weighted by molar-refractivity contribution is 7.14. The van der Waals surface area contributed by atoms with Gasteiger partial charge < -0.3 is 9.47 Å². The van der Waals surface area contributed by atoms with Crippen molar-refractivity contribution in [3.05, 3.63) is 41.5 Å². The van der Waals surface area contributed by atoms with Crippen LogP contribution in [0.1, 0.15) is 10.4 Å². The van der Waals surface area contributed by atoms with E-state index < -0.39 is 0 Å². The molecule has 3 rings (SSSR count). The lowest BCUT2D eigenvalue weighted by Crippen LogP contribution is -2.10. The van der Waals surface area contributed by atoms with Gasteiger partial charge >= 0.3 is 0 Å². The number of benzene rings is 1. The van der Waals surface area contributed by atoms with Gasteiger partial charge in [0.1, 0.15) is 11.5 Å². The van der Waals surface area contributed by atoms with Crippen molar-refractivity contribution in [2.24, 2.45) is 7.05 Å². The zero-order chi connectivity index (χ0) is 17.1. The number of carbonyl (C=O) groups excluding carboxylic acids is 1. The number of methoxy groups -OCH3 is 2. The molecule has 3 aromatic rings. The van der Waals surface area contributed by atoms with E-state index in [1.54, 1.807) is 38.2 Å². The zero-order valence-electron chi connectivity index (χ0n) is 13.4. The summed E-state index contributed by atoms with van der Waals surface area (Å²) in [5.41, 5.74) is 2.04. The number of aromatic nitrogens is 3. The average molecular weight is 344 g/mol. The Bertz CT molecular complexity index is 872. The third-order valence-corrected chi connectivity index (χ3v) is 4.13. The Hall–Kier alpha value is -2.87. The van der Waals surface area contributed by atoms with Gasteiger partial charge in [0.05, 0.1) is 31.7 Å². The van der Waals surface area contributed by atoms with E-state index >= 15 is 0 Å². The molecule has 0 atom stereocenters.